The fourth-order valence-electron chi connectivity index (χ4n) is 1.98. The molecule has 2 aromatic rings. The first-order valence-corrected chi connectivity index (χ1v) is 5.99. The molecular weight excluding hydrogens is 258 g/mol. The molecule has 2 rings (SSSR count). The smallest absolute Gasteiger partial charge is 0.280 e. The molecule has 20 heavy (non-hydrogen) atoms. The van der Waals surface area contributed by atoms with Crippen LogP contribution < -0.4 is 4.74 Å². The maximum absolute atomic E-state index is 10.9. The minimum atomic E-state index is -0.593. The number of hydrogen-bond donors (Lipinski definition) is 0. The number of nitro groups is 1. The van der Waals surface area contributed by atoms with Crippen molar-refractivity contribution < 1.29 is 14.5 Å². The molecular formula is C15H13NO4. The molecule has 0 aliphatic carbocycles. The van der Waals surface area contributed by atoms with Gasteiger partial charge in [0.05, 0.1) is 10.5 Å². The Balaban J connectivity index is 2.34. The number of carbonyl (C=O) groups is 1. The highest BCUT2D eigenvalue weighted by Crippen LogP contribution is 2.27. The summed E-state index contributed by atoms with van der Waals surface area (Å²) >= 11 is 0. The van der Waals surface area contributed by atoms with Crippen LogP contribution in [0.15, 0.2) is 36.4 Å². The second kappa shape index (κ2) is 5.52. The van der Waals surface area contributed by atoms with E-state index in [1.807, 2.05) is 32.0 Å². The lowest BCUT2D eigenvalue weighted by Crippen LogP contribution is -1.95. The number of hydrogen-bond acceptors (Lipinski definition) is 4. The average Bonchev–Trinajstić information content (AvgIpc) is 2.37. The molecule has 2 aromatic carbocycles. The van der Waals surface area contributed by atoms with Gasteiger partial charge in [0, 0.05) is 6.07 Å². The van der Waals surface area contributed by atoms with Crippen LogP contribution in [0.25, 0.3) is 0 Å². The van der Waals surface area contributed by atoms with Gasteiger partial charge < -0.3 is 4.74 Å². The normalized spacial score (nSPS) is 10.1. The first kappa shape index (κ1) is 13.7. The highest BCUT2D eigenvalue weighted by molar-refractivity contribution is 5.82. The zero-order valence-electron chi connectivity index (χ0n) is 11.1. The summed E-state index contributed by atoms with van der Waals surface area (Å²) in [5.41, 5.74) is 1.87. The maximum Gasteiger partial charge on any atom is 0.280 e. The van der Waals surface area contributed by atoms with E-state index >= 15 is 0 Å². The molecule has 0 saturated heterocycles. The van der Waals surface area contributed by atoms with Gasteiger partial charge in [0.25, 0.3) is 5.69 Å². The van der Waals surface area contributed by atoms with E-state index in [1.54, 1.807) is 0 Å². The number of rotatable bonds is 4. The molecule has 102 valence electrons. The second-order valence-corrected chi connectivity index (χ2v) is 4.52. The Bertz CT molecular complexity index is 659. The van der Waals surface area contributed by atoms with E-state index in [0.717, 1.165) is 11.1 Å². The van der Waals surface area contributed by atoms with E-state index in [2.05, 4.69) is 0 Å². The molecule has 0 unspecified atom stereocenters. The third-order valence-electron chi connectivity index (χ3n) is 2.75. The summed E-state index contributed by atoms with van der Waals surface area (Å²) in [5, 5.41) is 10.7. The number of aldehydes is 1. The van der Waals surface area contributed by atoms with Crippen LogP contribution in [-0.4, -0.2) is 11.2 Å². The summed E-state index contributed by atoms with van der Waals surface area (Å²) in [6, 6.07) is 9.83. The van der Waals surface area contributed by atoms with Crippen LogP contribution in [0.2, 0.25) is 0 Å². The fourth-order valence-corrected chi connectivity index (χ4v) is 1.98. The number of benzene rings is 2. The summed E-state index contributed by atoms with van der Waals surface area (Å²) in [6.07, 6.45) is 0.451. The number of nitrogens with zero attached hydrogens (tertiary/aromatic N) is 1. The van der Waals surface area contributed by atoms with E-state index in [1.165, 1.54) is 18.2 Å². The van der Waals surface area contributed by atoms with Crippen molar-refractivity contribution >= 4 is 12.0 Å². The molecule has 0 saturated carbocycles. The average molecular weight is 271 g/mol. The lowest BCUT2D eigenvalue weighted by atomic mass is 10.1. The Morgan fingerprint density at radius 2 is 1.70 bits per heavy atom. The standard InChI is InChI=1S/C15H13NO4/c1-10-5-11(2)7-14(6-10)20-13-3-4-15(16(18)19)12(8-13)9-17/h3-9H,1-2H3. The number of carbonyl (C=O) groups excluding carboxylic acids is 1. The van der Waals surface area contributed by atoms with Crippen molar-refractivity contribution in [2.24, 2.45) is 0 Å². The third kappa shape index (κ3) is 3.00. The van der Waals surface area contributed by atoms with Gasteiger partial charge in [0.1, 0.15) is 11.5 Å². The molecule has 0 fully saturated rings. The lowest BCUT2D eigenvalue weighted by Gasteiger charge is -2.08. The number of aryl methyl sites for hydroxylation is 2. The van der Waals surface area contributed by atoms with Crippen molar-refractivity contribution in [1.29, 1.82) is 0 Å². The zero-order valence-corrected chi connectivity index (χ0v) is 11.1. The SMILES string of the molecule is Cc1cc(C)cc(Oc2ccc([N+](=O)[O-])c(C=O)c2)c1. The summed E-state index contributed by atoms with van der Waals surface area (Å²) in [6.45, 7) is 3.90. The van der Waals surface area contributed by atoms with Crippen LogP contribution in [0.3, 0.4) is 0 Å². The zero-order chi connectivity index (χ0) is 14.7. The molecule has 0 spiro atoms. The van der Waals surface area contributed by atoms with E-state index < -0.39 is 4.92 Å². The minimum Gasteiger partial charge on any atom is -0.457 e. The molecule has 0 amide bonds. The highest BCUT2D eigenvalue weighted by atomic mass is 16.6. The van der Waals surface area contributed by atoms with Crippen LogP contribution >= 0.6 is 0 Å². The summed E-state index contributed by atoms with van der Waals surface area (Å²) < 4.78 is 5.64. The molecule has 5 nitrogen and oxygen atoms in total. The minimum absolute atomic E-state index is 0.00289. The van der Waals surface area contributed by atoms with Gasteiger partial charge in [-0.15, -0.1) is 0 Å². The largest absolute Gasteiger partial charge is 0.457 e. The quantitative estimate of drug-likeness (QED) is 0.481. The molecule has 0 bridgehead atoms. The first-order chi connectivity index (χ1) is 9.49. The van der Waals surface area contributed by atoms with Crippen LogP contribution in [0.1, 0.15) is 21.5 Å². The predicted octanol–water partition coefficient (Wildman–Crippen LogP) is 3.82. The van der Waals surface area contributed by atoms with Crippen molar-refractivity contribution in [3.63, 3.8) is 0 Å². The maximum atomic E-state index is 10.9. The number of ether oxygens (including phenoxy) is 1. The van der Waals surface area contributed by atoms with Gasteiger partial charge in [-0.3, -0.25) is 14.9 Å². The molecule has 5 heteroatoms. The Hall–Kier alpha value is -2.69. The Labute approximate surface area is 116 Å². The Morgan fingerprint density at radius 3 is 2.25 bits per heavy atom. The third-order valence-corrected chi connectivity index (χ3v) is 2.75. The summed E-state index contributed by atoms with van der Waals surface area (Å²) in [5.74, 6) is 1.02. The predicted molar refractivity (Wildman–Crippen MR) is 74.5 cm³/mol. The van der Waals surface area contributed by atoms with Crippen molar-refractivity contribution in [2.45, 2.75) is 13.8 Å². The van der Waals surface area contributed by atoms with Gasteiger partial charge >= 0.3 is 0 Å². The van der Waals surface area contributed by atoms with E-state index in [-0.39, 0.29) is 11.3 Å². The van der Waals surface area contributed by atoms with Gasteiger partial charge in [0.15, 0.2) is 6.29 Å². The van der Waals surface area contributed by atoms with Gasteiger partial charge in [-0.05, 0) is 49.2 Å². The van der Waals surface area contributed by atoms with E-state index in [9.17, 15) is 14.9 Å². The molecule has 0 radical (unpaired) electrons. The summed E-state index contributed by atoms with van der Waals surface area (Å²) in [4.78, 5) is 21.0. The Morgan fingerprint density at radius 1 is 1.05 bits per heavy atom. The first-order valence-electron chi connectivity index (χ1n) is 5.99. The van der Waals surface area contributed by atoms with Gasteiger partial charge in [0.2, 0.25) is 0 Å². The molecule has 0 aliphatic rings. The molecule has 0 heterocycles. The summed E-state index contributed by atoms with van der Waals surface area (Å²) in [7, 11) is 0. The lowest BCUT2D eigenvalue weighted by molar-refractivity contribution is -0.385. The molecule has 0 aromatic heterocycles. The highest BCUT2D eigenvalue weighted by Gasteiger charge is 2.14. The molecule has 0 N–H and O–H groups in total. The molecule has 0 atom stereocenters. The monoisotopic (exact) mass is 271 g/mol. The van der Waals surface area contributed by atoms with Crippen molar-refractivity contribution in [2.75, 3.05) is 0 Å². The van der Waals surface area contributed by atoms with Gasteiger partial charge in [-0.1, -0.05) is 6.07 Å². The Kier molecular flexibility index (Phi) is 3.79. The van der Waals surface area contributed by atoms with Crippen molar-refractivity contribution in [1.82, 2.24) is 0 Å². The van der Waals surface area contributed by atoms with E-state index in [4.69, 9.17) is 4.74 Å². The topological polar surface area (TPSA) is 69.4 Å². The van der Waals surface area contributed by atoms with Crippen molar-refractivity contribution in [3.8, 4) is 11.5 Å². The van der Waals surface area contributed by atoms with Crippen molar-refractivity contribution in [3.05, 3.63) is 63.2 Å². The fraction of sp³-hybridized carbons (Fsp3) is 0.133. The number of nitro benzene ring substituents is 1. The van der Waals surface area contributed by atoms with E-state index in [0.29, 0.717) is 17.8 Å². The van der Waals surface area contributed by atoms with Gasteiger partial charge in [-0.2, -0.15) is 0 Å². The van der Waals surface area contributed by atoms with Crippen LogP contribution in [-0.2, 0) is 0 Å². The van der Waals surface area contributed by atoms with Crippen LogP contribution in [0, 0.1) is 24.0 Å². The molecule has 0 aliphatic heterocycles. The van der Waals surface area contributed by atoms with Crippen LogP contribution in [0.5, 0.6) is 11.5 Å². The van der Waals surface area contributed by atoms with Crippen LogP contribution in [0.4, 0.5) is 5.69 Å². The second-order valence-electron chi connectivity index (χ2n) is 4.52. The van der Waals surface area contributed by atoms with Gasteiger partial charge in [-0.25, -0.2) is 0 Å².